The van der Waals surface area contributed by atoms with Crippen LogP contribution in [0.2, 0.25) is 0 Å². The molecule has 0 aliphatic heterocycles. The maximum atomic E-state index is 11.4. The van der Waals surface area contributed by atoms with E-state index in [-0.39, 0.29) is 0 Å². The van der Waals surface area contributed by atoms with Crippen molar-refractivity contribution in [2.75, 3.05) is 12.8 Å². The summed E-state index contributed by atoms with van der Waals surface area (Å²) in [4.78, 5) is 0.343. The van der Waals surface area contributed by atoms with Crippen molar-refractivity contribution >= 4 is 25.8 Å². The second-order valence-corrected chi connectivity index (χ2v) is 6.62. The molecule has 0 amide bonds. The molecule has 0 fully saturated rings. The molecule has 1 aromatic rings. The first kappa shape index (κ1) is 13.7. The number of halogens is 1. The molecule has 2 N–H and O–H groups in total. The molecule has 0 spiro atoms. The van der Waals surface area contributed by atoms with Crippen molar-refractivity contribution < 1.29 is 8.42 Å². The average molecular weight is 306 g/mol. The molecule has 90 valence electrons. The summed E-state index contributed by atoms with van der Waals surface area (Å²) in [6, 6.07) is 5.38. The Hall–Kier alpha value is -0.390. The second-order valence-electron chi connectivity index (χ2n) is 3.78. The quantitative estimate of drug-likeness (QED) is 0.848. The van der Waals surface area contributed by atoms with Gasteiger partial charge in [-0.1, -0.05) is 6.07 Å². The Kier molecular flexibility index (Phi) is 4.95. The summed E-state index contributed by atoms with van der Waals surface area (Å²) in [5, 5.41) is 0. The largest absolute Gasteiger partial charge is 0.330 e. The summed E-state index contributed by atoms with van der Waals surface area (Å²) >= 11 is 3.29. The molecule has 0 heterocycles. The molecule has 0 unspecified atom stereocenters. The first-order valence-electron chi connectivity index (χ1n) is 5.13. The van der Waals surface area contributed by atoms with Crippen LogP contribution in [0.3, 0.4) is 0 Å². The molecular formula is C11H16BrNO2S. The van der Waals surface area contributed by atoms with Crippen LogP contribution < -0.4 is 5.73 Å². The van der Waals surface area contributed by atoms with Gasteiger partial charge >= 0.3 is 0 Å². The predicted molar refractivity (Wildman–Crippen MR) is 69.2 cm³/mol. The van der Waals surface area contributed by atoms with E-state index in [1.807, 2.05) is 12.1 Å². The van der Waals surface area contributed by atoms with Gasteiger partial charge in [0.25, 0.3) is 0 Å². The van der Waals surface area contributed by atoms with Gasteiger partial charge in [0.2, 0.25) is 0 Å². The molecule has 0 aliphatic rings. The van der Waals surface area contributed by atoms with Gasteiger partial charge in [-0.2, -0.15) is 0 Å². The van der Waals surface area contributed by atoms with Gasteiger partial charge in [0, 0.05) is 10.7 Å². The molecule has 0 saturated carbocycles. The zero-order valence-corrected chi connectivity index (χ0v) is 11.6. The van der Waals surface area contributed by atoms with E-state index in [1.54, 1.807) is 6.07 Å². The van der Waals surface area contributed by atoms with Crippen molar-refractivity contribution in [1.29, 1.82) is 0 Å². The minimum absolute atomic E-state index is 0.343. The van der Waals surface area contributed by atoms with Crippen LogP contribution in [0, 0.1) is 0 Å². The van der Waals surface area contributed by atoms with E-state index in [0.717, 1.165) is 24.8 Å². The molecule has 0 aliphatic carbocycles. The maximum Gasteiger partial charge on any atom is 0.176 e. The van der Waals surface area contributed by atoms with Crippen molar-refractivity contribution in [2.45, 2.75) is 24.2 Å². The number of sulfone groups is 1. The summed E-state index contributed by atoms with van der Waals surface area (Å²) in [7, 11) is -3.14. The first-order valence-corrected chi connectivity index (χ1v) is 7.82. The molecule has 1 rings (SSSR count). The zero-order valence-electron chi connectivity index (χ0n) is 9.24. The number of aryl methyl sites for hydroxylation is 1. The van der Waals surface area contributed by atoms with Crippen LogP contribution in [-0.4, -0.2) is 21.2 Å². The fraction of sp³-hybridized carbons (Fsp3) is 0.455. The summed E-state index contributed by atoms with van der Waals surface area (Å²) in [6.07, 6.45) is 4.16. The van der Waals surface area contributed by atoms with Crippen molar-refractivity contribution in [3.63, 3.8) is 0 Å². The van der Waals surface area contributed by atoms with Gasteiger partial charge < -0.3 is 5.73 Å². The third kappa shape index (κ3) is 3.88. The summed E-state index contributed by atoms with van der Waals surface area (Å²) in [5.74, 6) is 0. The number of benzene rings is 1. The molecular weight excluding hydrogens is 290 g/mol. The lowest BCUT2D eigenvalue weighted by Gasteiger charge is -2.05. The highest BCUT2D eigenvalue weighted by atomic mass is 79.9. The average Bonchev–Trinajstić information content (AvgIpc) is 2.16. The van der Waals surface area contributed by atoms with E-state index >= 15 is 0 Å². The van der Waals surface area contributed by atoms with Crippen LogP contribution in [0.1, 0.15) is 18.4 Å². The topological polar surface area (TPSA) is 60.2 Å². The van der Waals surface area contributed by atoms with Crippen LogP contribution in [0.4, 0.5) is 0 Å². The van der Waals surface area contributed by atoms with E-state index in [0.29, 0.717) is 15.9 Å². The lowest BCUT2D eigenvalue weighted by molar-refractivity contribution is 0.601. The maximum absolute atomic E-state index is 11.4. The van der Waals surface area contributed by atoms with E-state index < -0.39 is 9.84 Å². The standard InChI is InChI=1S/C11H16BrNO2S/c1-16(14,15)11-6-5-9(8-10(11)12)4-2-3-7-13/h5-6,8H,2-4,7,13H2,1H3. The van der Waals surface area contributed by atoms with Gasteiger partial charge in [-0.25, -0.2) is 8.42 Å². The Morgan fingerprint density at radius 2 is 2.00 bits per heavy atom. The lowest BCUT2D eigenvalue weighted by Crippen LogP contribution is -2.00. The highest BCUT2D eigenvalue weighted by Crippen LogP contribution is 2.23. The Labute approximate surface area is 105 Å². The molecule has 0 aromatic heterocycles. The van der Waals surface area contributed by atoms with E-state index in [4.69, 9.17) is 5.73 Å². The Bertz CT molecular complexity index is 457. The van der Waals surface area contributed by atoms with Crippen molar-refractivity contribution in [3.05, 3.63) is 28.2 Å². The molecule has 0 atom stereocenters. The molecule has 16 heavy (non-hydrogen) atoms. The smallest absolute Gasteiger partial charge is 0.176 e. The fourth-order valence-corrected chi connectivity index (χ4v) is 3.51. The normalized spacial score (nSPS) is 11.7. The van der Waals surface area contributed by atoms with Crippen LogP contribution in [0.25, 0.3) is 0 Å². The highest BCUT2D eigenvalue weighted by Gasteiger charge is 2.11. The Morgan fingerprint density at radius 3 is 2.50 bits per heavy atom. The van der Waals surface area contributed by atoms with Gasteiger partial charge in [-0.3, -0.25) is 0 Å². The predicted octanol–water partition coefficient (Wildman–Crippen LogP) is 2.13. The minimum Gasteiger partial charge on any atom is -0.330 e. The van der Waals surface area contributed by atoms with Crippen molar-refractivity contribution in [3.8, 4) is 0 Å². The van der Waals surface area contributed by atoms with Crippen LogP contribution in [-0.2, 0) is 16.3 Å². The number of rotatable bonds is 5. The number of hydrogen-bond donors (Lipinski definition) is 1. The van der Waals surface area contributed by atoms with E-state index in [9.17, 15) is 8.42 Å². The van der Waals surface area contributed by atoms with Crippen molar-refractivity contribution in [1.82, 2.24) is 0 Å². The lowest BCUT2D eigenvalue weighted by atomic mass is 10.1. The number of hydrogen-bond acceptors (Lipinski definition) is 3. The number of nitrogens with two attached hydrogens (primary N) is 1. The van der Waals surface area contributed by atoms with Crippen LogP contribution in [0.15, 0.2) is 27.6 Å². The molecule has 3 nitrogen and oxygen atoms in total. The Morgan fingerprint density at radius 1 is 1.31 bits per heavy atom. The Balaban J connectivity index is 2.83. The van der Waals surface area contributed by atoms with Crippen molar-refractivity contribution in [2.24, 2.45) is 5.73 Å². The molecule has 0 bridgehead atoms. The molecule has 1 aromatic carbocycles. The number of unbranched alkanes of at least 4 members (excludes halogenated alkanes) is 1. The monoisotopic (exact) mass is 305 g/mol. The van der Waals surface area contributed by atoms with Gasteiger partial charge in [-0.15, -0.1) is 0 Å². The highest BCUT2D eigenvalue weighted by molar-refractivity contribution is 9.10. The van der Waals surface area contributed by atoms with Gasteiger partial charge in [-0.05, 0) is 59.4 Å². The third-order valence-electron chi connectivity index (χ3n) is 2.32. The summed E-state index contributed by atoms with van der Waals surface area (Å²) < 4.78 is 23.4. The summed E-state index contributed by atoms with van der Waals surface area (Å²) in [5.41, 5.74) is 6.55. The minimum atomic E-state index is -3.14. The van der Waals surface area contributed by atoms with Crippen LogP contribution >= 0.6 is 15.9 Å². The second kappa shape index (κ2) is 5.80. The van der Waals surface area contributed by atoms with E-state index in [1.165, 1.54) is 6.26 Å². The molecule has 0 saturated heterocycles. The molecule has 0 radical (unpaired) electrons. The first-order chi connectivity index (χ1) is 7.45. The van der Waals surface area contributed by atoms with Gasteiger partial charge in [0.15, 0.2) is 9.84 Å². The van der Waals surface area contributed by atoms with Crippen LogP contribution in [0.5, 0.6) is 0 Å². The fourth-order valence-electron chi connectivity index (χ4n) is 1.47. The SMILES string of the molecule is CS(=O)(=O)c1ccc(CCCCN)cc1Br. The van der Waals surface area contributed by atoms with E-state index in [2.05, 4.69) is 15.9 Å². The molecule has 5 heteroatoms. The van der Waals surface area contributed by atoms with Gasteiger partial charge in [0.05, 0.1) is 4.90 Å². The van der Waals surface area contributed by atoms with Gasteiger partial charge in [0.1, 0.15) is 0 Å². The third-order valence-corrected chi connectivity index (χ3v) is 4.39. The summed E-state index contributed by atoms with van der Waals surface area (Å²) in [6.45, 7) is 0.697. The zero-order chi connectivity index (χ0) is 12.2.